The molecule has 3 heteroatoms. The van der Waals surface area contributed by atoms with Gasteiger partial charge in [0.25, 0.3) is 0 Å². The highest BCUT2D eigenvalue weighted by Gasteiger charge is 2.58. The molecule has 4 aliphatic rings. The van der Waals surface area contributed by atoms with Gasteiger partial charge in [0, 0.05) is 4.91 Å². The highest BCUT2D eigenvalue weighted by molar-refractivity contribution is 5.12. The van der Waals surface area contributed by atoms with E-state index >= 15 is 0 Å². The Morgan fingerprint density at radius 2 is 1.50 bits per heavy atom. The van der Waals surface area contributed by atoms with E-state index in [1.807, 2.05) is 0 Å². The molecule has 0 aliphatic heterocycles. The van der Waals surface area contributed by atoms with Crippen LogP contribution in [0, 0.1) is 23.2 Å². The Hall–Kier alpha value is -0.690. The summed E-state index contributed by atoms with van der Waals surface area (Å²) in [7, 11) is 0. The van der Waals surface area contributed by atoms with E-state index in [1.54, 1.807) is 0 Å². The molecule has 0 aromatic heterocycles. The predicted octanol–water partition coefficient (Wildman–Crippen LogP) is 5.07. The summed E-state index contributed by atoms with van der Waals surface area (Å²) in [6, 6.07) is 0. The van der Waals surface area contributed by atoms with Crippen molar-refractivity contribution in [3.8, 4) is 0 Å². The van der Waals surface area contributed by atoms with Gasteiger partial charge in [-0.2, -0.15) is 0 Å². The molecule has 4 bridgehead atoms. The fraction of sp³-hybridized carbons (Fsp3) is 1.00. The second kappa shape index (κ2) is 4.16. The van der Waals surface area contributed by atoms with Crippen molar-refractivity contribution in [1.82, 2.24) is 0 Å². The SMILES string of the molecule is CCC(CC)(N=[N+]=[N-])C12CC3CC(CC(C3)C1)C2. The molecule has 0 aromatic carbocycles. The zero-order chi connectivity index (χ0) is 12.8. The minimum atomic E-state index is -0.0994. The van der Waals surface area contributed by atoms with Crippen LogP contribution >= 0.6 is 0 Å². The molecule has 18 heavy (non-hydrogen) atoms. The number of rotatable bonds is 4. The van der Waals surface area contributed by atoms with E-state index < -0.39 is 0 Å². The third-order valence-electron chi connectivity index (χ3n) is 6.43. The van der Waals surface area contributed by atoms with Crippen molar-refractivity contribution in [2.45, 2.75) is 70.8 Å². The maximum atomic E-state index is 9.02. The van der Waals surface area contributed by atoms with Gasteiger partial charge >= 0.3 is 0 Å². The van der Waals surface area contributed by atoms with Gasteiger partial charge in [-0.05, 0) is 80.1 Å². The Morgan fingerprint density at radius 3 is 1.83 bits per heavy atom. The molecule has 0 radical (unpaired) electrons. The maximum absolute atomic E-state index is 9.02. The lowest BCUT2D eigenvalue weighted by molar-refractivity contribution is -0.0995. The fourth-order valence-corrected chi connectivity index (χ4v) is 6.01. The zero-order valence-electron chi connectivity index (χ0n) is 11.7. The molecular formula is C15H25N3. The molecule has 0 heterocycles. The van der Waals surface area contributed by atoms with Crippen LogP contribution in [-0.2, 0) is 0 Å². The van der Waals surface area contributed by atoms with Crippen molar-refractivity contribution in [3.63, 3.8) is 0 Å². The molecule has 4 aliphatic carbocycles. The van der Waals surface area contributed by atoms with Crippen LogP contribution in [0.1, 0.15) is 65.2 Å². The Bertz CT molecular complexity index is 342. The first-order chi connectivity index (χ1) is 8.67. The van der Waals surface area contributed by atoms with Gasteiger partial charge in [0.05, 0.1) is 5.54 Å². The normalized spacial score (nSPS) is 41.8. The molecule has 0 atom stereocenters. The summed E-state index contributed by atoms with van der Waals surface area (Å²) in [4.78, 5) is 3.23. The van der Waals surface area contributed by atoms with Gasteiger partial charge in [0.1, 0.15) is 0 Å². The molecule has 0 saturated heterocycles. The summed E-state index contributed by atoms with van der Waals surface area (Å²) in [5.41, 5.74) is 9.27. The van der Waals surface area contributed by atoms with Crippen molar-refractivity contribution >= 4 is 0 Å². The third kappa shape index (κ3) is 1.53. The van der Waals surface area contributed by atoms with E-state index in [-0.39, 0.29) is 5.54 Å². The molecule has 4 saturated carbocycles. The number of azide groups is 1. The van der Waals surface area contributed by atoms with Gasteiger partial charge in [-0.15, -0.1) is 0 Å². The molecule has 0 N–H and O–H groups in total. The smallest absolute Gasteiger partial charge is 0.0539 e. The van der Waals surface area contributed by atoms with E-state index in [2.05, 4.69) is 23.9 Å². The van der Waals surface area contributed by atoms with Crippen LogP contribution in [-0.4, -0.2) is 5.54 Å². The quantitative estimate of drug-likeness (QED) is 0.378. The van der Waals surface area contributed by atoms with Gasteiger partial charge in [0.15, 0.2) is 0 Å². The first-order valence-corrected chi connectivity index (χ1v) is 7.73. The second-order valence-electron chi connectivity index (χ2n) is 7.13. The Kier molecular flexibility index (Phi) is 2.85. The second-order valence-corrected chi connectivity index (χ2v) is 7.13. The maximum Gasteiger partial charge on any atom is 0.0539 e. The lowest BCUT2D eigenvalue weighted by Gasteiger charge is -2.62. The zero-order valence-corrected chi connectivity index (χ0v) is 11.7. The van der Waals surface area contributed by atoms with Crippen molar-refractivity contribution in [2.24, 2.45) is 28.3 Å². The van der Waals surface area contributed by atoms with Crippen molar-refractivity contribution in [3.05, 3.63) is 10.4 Å². The van der Waals surface area contributed by atoms with Crippen molar-refractivity contribution in [2.75, 3.05) is 0 Å². The highest BCUT2D eigenvalue weighted by Crippen LogP contribution is 2.65. The minimum absolute atomic E-state index is 0.0994. The van der Waals surface area contributed by atoms with E-state index in [1.165, 1.54) is 38.5 Å². The van der Waals surface area contributed by atoms with Crippen LogP contribution in [0.25, 0.3) is 10.4 Å². The summed E-state index contributed by atoms with van der Waals surface area (Å²) in [6.07, 6.45) is 10.4. The van der Waals surface area contributed by atoms with Crippen molar-refractivity contribution in [1.29, 1.82) is 0 Å². The lowest BCUT2D eigenvalue weighted by atomic mass is 9.44. The molecule has 0 spiro atoms. The fourth-order valence-electron chi connectivity index (χ4n) is 6.01. The summed E-state index contributed by atoms with van der Waals surface area (Å²) in [5, 5.41) is 4.36. The predicted molar refractivity (Wildman–Crippen MR) is 73.1 cm³/mol. The van der Waals surface area contributed by atoms with Crippen LogP contribution in [0.15, 0.2) is 5.11 Å². The first-order valence-electron chi connectivity index (χ1n) is 7.73. The number of nitrogens with zero attached hydrogens (tertiary/aromatic N) is 3. The molecular weight excluding hydrogens is 222 g/mol. The Balaban J connectivity index is 2.00. The monoisotopic (exact) mass is 247 g/mol. The molecule has 3 nitrogen and oxygen atoms in total. The van der Waals surface area contributed by atoms with Gasteiger partial charge in [0.2, 0.25) is 0 Å². The van der Waals surface area contributed by atoms with E-state index in [4.69, 9.17) is 5.53 Å². The van der Waals surface area contributed by atoms with E-state index in [0.29, 0.717) is 5.41 Å². The van der Waals surface area contributed by atoms with Gasteiger partial charge in [-0.25, -0.2) is 0 Å². The van der Waals surface area contributed by atoms with Gasteiger partial charge in [-0.1, -0.05) is 19.0 Å². The summed E-state index contributed by atoms with van der Waals surface area (Å²) >= 11 is 0. The van der Waals surface area contributed by atoms with E-state index in [9.17, 15) is 0 Å². The van der Waals surface area contributed by atoms with Crippen LogP contribution in [0.4, 0.5) is 0 Å². The number of hydrogen-bond donors (Lipinski definition) is 0. The van der Waals surface area contributed by atoms with Crippen LogP contribution < -0.4 is 0 Å². The molecule has 0 unspecified atom stereocenters. The minimum Gasteiger partial charge on any atom is -0.0867 e. The third-order valence-corrected chi connectivity index (χ3v) is 6.43. The van der Waals surface area contributed by atoms with Crippen LogP contribution in [0.3, 0.4) is 0 Å². The van der Waals surface area contributed by atoms with Gasteiger partial charge < -0.3 is 0 Å². The van der Waals surface area contributed by atoms with E-state index in [0.717, 1.165) is 30.6 Å². The molecule has 4 rings (SSSR count). The standard InChI is InChI=1S/C15H25N3/c1-3-15(4-2,17-18-16)14-8-11-5-12(9-14)7-13(6-11)10-14/h11-13H,3-10H2,1-2H3. The summed E-state index contributed by atoms with van der Waals surface area (Å²) in [6.45, 7) is 4.44. The average molecular weight is 247 g/mol. The Morgan fingerprint density at radius 1 is 1.06 bits per heavy atom. The van der Waals surface area contributed by atoms with Gasteiger partial charge in [-0.3, -0.25) is 0 Å². The summed E-state index contributed by atoms with van der Waals surface area (Å²) in [5.74, 6) is 2.80. The molecule has 0 aromatic rings. The molecule has 4 fully saturated rings. The average Bonchev–Trinajstić information content (AvgIpc) is 2.34. The Labute approximate surface area is 110 Å². The van der Waals surface area contributed by atoms with Crippen LogP contribution in [0.2, 0.25) is 0 Å². The molecule has 0 amide bonds. The lowest BCUT2D eigenvalue weighted by Crippen LogP contribution is -2.57. The highest BCUT2D eigenvalue weighted by atomic mass is 15.2. The van der Waals surface area contributed by atoms with Crippen LogP contribution in [0.5, 0.6) is 0 Å². The topological polar surface area (TPSA) is 48.8 Å². The first kappa shape index (κ1) is 12.3. The number of hydrogen-bond acceptors (Lipinski definition) is 1. The summed E-state index contributed by atoms with van der Waals surface area (Å²) < 4.78 is 0. The molecule has 100 valence electrons. The van der Waals surface area contributed by atoms with Crippen molar-refractivity contribution < 1.29 is 0 Å². The largest absolute Gasteiger partial charge is 0.0867 e.